The normalized spacial score (nSPS) is 24.6. The smallest absolute Gasteiger partial charge is 0.168 e. The Morgan fingerprint density at radius 2 is 2.03 bits per heavy atom. The van der Waals surface area contributed by atoms with Crippen LogP contribution in [-0.2, 0) is 4.74 Å². The van der Waals surface area contributed by atoms with E-state index in [4.69, 9.17) is 21.2 Å². The molecule has 2 saturated heterocycles. The number of nitrogens with two attached hydrogens (primary N) is 2. The van der Waals surface area contributed by atoms with Gasteiger partial charge in [-0.1, -0.05) is 0 Å². The first-order valence-electron chi connectivity index (χ1n) is 10.1. The summed E-state index contributed by atoms with van der Waals surface area (Å²) in [7, 11) is 0. The van der Waals surface area contributed by atoms with Gasteiger partial charge in [0.25, 0.3) is 0 Å². The number of anilines is 2. The number of pyridine rings is 1. The summed E-state index contributed by atoms with van der Waals surface area (Å²) in [6.45, 7) is 3.97. The molecule has 2 aliphatic heterocycles. The lowest BCUT2D eigenvalue weighted by atomic mass is 10.2. The van der Waals surface area contributed by atoms with Crippen LogP contribution in [0.15, 0.2) is 24.7 Å². The molecule has 2 fully saturated rings. The van der Waals surface area contributed by atoms with Crippen LogP contribution in [0.3, 0.4) is 0 Å². The molecule has 5 heterocycles. The van der Waals surface area contributed by atoms with Crippen molar-refractivity contribution < 1.29 is 9.84 Å². The lowest BCUT2D eigenvalue weighted by Crippen LogP contribution is -2.43. The van der Waals surface area contributed by atoms with Crippen molar-refractivity contribution in [2.45, 2.75) is 24.9 Å². The van der Waals surface area contributed by atoms with Gasteiger partial charge in [-0.3, -0.25) is 4.57 Å². The van der Waals surface area contributed by atoms with Gasteiger partial charge in [0.05, 0.1) is 12.2 Å². The number of nitrogen functional groups attached to an aromatic ring is 1. The molecule has 11 nitrogen and oxygen atoms in total. The maximum absolute atomic E-state index is 10.3. The third kappa shape index (κ3) is 3.25. The summed E-state index contributed by atoms with van der Waals surface area (Å²) in [6, 6.07) is 3.98. The number of fused-ring (bicyclic) bond motifs is 1. The second-order valence-electron chi connectivity index (χ2n) is 7.55. The zero-order valence-electron chi connectivity index (χ0n) is 16.5. The lowest BCUT2D eigenvalue weighted by Gasteiger charge is -2.28. The fourth-order valence-corrected chi connectivity index (χ4v) is 4.09. The Labute approximate surface area is 173 Å². The average Bonchev–Trinajstić information content (AvgIpc) is 3.35. The topological polar surface area (TPSA) is 153 Å². The minimum atomic E-state index is -0.655. The van der Waals surface area contributed by atoms with Crippen LogP contribution in [-0.4, -0.2) is 74.5 Å². The van der Waals surface area contributed by atoms with Crippen molar-refractivity contribution in [3.8, 4) is 11.4 Å². The van der Waals surface area contributed by atoms with Crippen LogP contribution in [0, 0.1) is 0 Å². The molecule has 30 heavy (non-hydrogen) atoms. The number of aromatic nitrogens is 5. The van der Waals surface area contributed by atoms with E-state index in [1.165, 1.54) is 6.33 Å². The number of imidazole rings is 1. The maximum Gasteiger partial charge on any atom is 0.168 e. The van der Waals surface area contributed by atoms with Gasteiger partial charge >= 0.3 is 0 Å². The Bertz CT molecular complexity index is 1030. The van der Waals surface area contributed by atoms with Crippen molar-refractivity contribution >= 4 is 22.8 Å². The molecule has 0 bridgehead atoms. The lowest BCUT2D eigenvalue weighted by molar-refractivity contribution is -0.0108. The molecular formula is C19H25N9O2. The third-order valence-electron chi connectivity index (χ3n) is 5.68. The molecule has 5 rings (SSSR count). The van der Waals surface area contributed by atoms with E-state index in [9.17, 15) is 5.11 Å². The third-order valence-corrected chi connectivity index (χ3v) is 5.68. The standard InChI is InChI=1S/C19H25N9O2/c20-8-13-12(29)7-15(30-13)28-18(26-16-17(21)24-10-25-19(16)28)11-1-2-14(23-9-11)27-5-3-22-4-6-27/h1-2,9-10,12-13,15,22,29H,3-8,20H2,(H2,21,24,25)/t12-,13+,15+/m0/s1. The highest BCUT2D eigenvalue weighted by Gasteiger charge is 2.36. The van der Waals surface area contributed by atoms with Gasteiger partial charge in [0.1, 0.15) is 24.2 Å². The number of hydrogen-bond donors (Lipinski definition) is 4. The molecule has 3 aromatic heterocycles. The largest absolute Gasteiger partial charge is 0.390 e. The van der Waals surface area contributed by atoms with Crippen molar-refractivity contribution in [3.63, 3.8) is 0 Å². The van der Waals surface area contributed by atoms with Crippen molar-refractivity contribution in [2.24, 2.45) is 5.73 Å². The molecule has 3 aromatic rings. The van der Waals surface area contributed by atoms with E-state index in [1.807, 2.05) is 16.7 Å². The van der Waals surface area contributed by atoms with Gasteiger partial charge in [0.15, 0.2) is 17.0 Å². The van der Waals surface area contributed by atoms with Crippen molar-refractivity contribution in [1.29, 1.82) is 0 Å². The molecule has 6 N–H and O–H groups in total. The van der Waals surface area contributed by atoms with Crippen LogP contribution in [0.5, 0.6) is 0 Å². The van der Waals surface area contributed by atoms with E-state index in [2.05, 4.69) is 25.2 Å². The van der Waals surface area contributed by atoms with Crippen LogP contribution in [0.2, 0.25) is 0 Å². The Morgan fingerprint density at radius 3 is 2.73 bits per heavy atom. The Hall–Kier alpha value is -2.86. The number of ether oxygens (including phenoxy) is 1. The molecule has 0 spiro atoms. The predicted molar refractivity (Wildman–Crippen MR) is 112 cm³/mol. The minimum absolute atomic E-state index is 0.234. The van der Waals surface area contributed by atoms with Gasteiger partial charge in [0, 0.05) is 50.9 Å². The zero-order valence-corrected chi connectivity index (χ0v) is 16.5. The predicted octanol–water partition coefficient (Wildman–Crippen LogP) is -0.513. The molecule has 2 aliphatic rings. The first-order chi connectivity index (χ1) is 14.7. The fraction of sp³-hybridized carbons (Fsp3) is 0.474. The number of rotatable bonds is 4. The second-order valence-corrected chi connectivity index (χ2v) is 7.55. The Morgan fingerprint density at radius 1 is 1.20 bits per heavy atom. The summed E-state index contributed by atoms with van der Waals surface area (Å²) in [6.07, 6.45) is 2.03. The molecule has 0 saturated carbocycles. The Balaban J connectivity index is 1.56. The van der Waals surface area contributed by atoms with Crippen molar-refractivity contribution in [1.82, 2.24) is 29.8 Å². The molecule has 158 valence electrons. The number of nitrogens with one attached hydrogen (secondary N) is 1. The van der Waals surface area contributed by atoms with Gasteiger partial charge in [-0.05, 0) is 12.1 Å². The number of aliphatic hydroxyl groups excluding tert-OH is 1. The number of hydrogen-bond acceptors (Lipinski definition) is 10. The fourth-order valence-electron chi connectivity index (χ4n) is 4.09. The number of aliphatic hydroxyl groups is 1. The van der Waals surface area contributed by atoms with Crippen LogP contribution in [0.1, 0.15) is 12.6 Å². The summed E-state index contributed by atoms with van der Waals surface area (Å²) in [5, 5.41) is 13.6. The SMILES string of the molecule is NC[C@H]1O[C@@H](n2c(-c3ccc(N4CCNCC4)nc3)nc3c(N)ncnc32)C[C@@H]1O. The van der Waals surface area contributed by atoms with E-state index in [1.54, 1.807) is 6.20 Å². The summed E-state index contributed by atoms with van der Waals surface area (Å²) < 4.78 is 7.86. The highest BCUT2D eigenvalue weighted by atomic mass is 16.5. The van der Waals surface area contributed by atoms with Crippen molar-refractivity contribution in [2.75, 3.05) is 43.4 Å². The molecule has 0 unspecified atom stereocenters. The van der Waals surface area contributed by atoms with E-state index in [0.717, 1.165) is 37.6 Å². The summed E-state index contributed by atoms with van der Waals surface area (Å²) in [5.74, 6) is 1.84. The van der Waals surface area contributed by atoms with Crippen LogP contribution >= 0.6 is 0 Å². The molecule has 0 amide bonds. The number of nitrogens with zero attached hydrogens (tertiary/aromatic N) is 6. The van der Waals surface area contributed by atoms with Crippen LogP contribution < -0.4 is 21.7 Å². The summed E-state index contributed by atoms with van der Waals surface area (Å²) >= 11 is 0. The maximum atomic E-state index is 10.3. The van der Waals surface area contributed by atoms with E-state index < -0.39 is 18.4 Å². The van der Waals surface area contributed by atoms with E-state index in [-0.39, 0.29) is 6.54 Å². The quantitative estimate of drug-likeness (QED) is 0.441. The highest BCUT2D eigenvalue weighted by Crippen LogP contribution is 2.36. The first kappa shape index (κ1) is 19.1. The molecular weight excluding hydrogens is 386 g/mol. The van der Waals surface area contributed by atoms with Gasteiger partial charge in [-0.25, -0.2) is 19.9 Å². The van der Waals surface area contributed by atoms with E-state index in [0.29, 0.717) is 29.2 Å². The average molecular weight is 411 g/mol. The van der Waals surface area contributed by atoms with Crippen LogP contribution in [0.4, 0.5) is 11.6 Å². The highest BCUT2D eigenvalue weighted by molar-refractivity contribution is 5.85. The van der Waals surface area contributed by atoms with Gasteiger partial charge in [-0.2, -0.15) is 0 Å². The summed E-state index contributed by atoms with van der Waals surface area (Å²) in [5.41, 5.74) is 13.6. The van der Waals surface area contributed by atoms with Gasteiger partial charge in [0.2, 0.25) is 0 Å². The molecule has 0 aliphatic carbocycles. The van der Waals surface area contributed by atoms with Gasteiger partial charge < -0.3 is 31.5 Å². The second kappa shape index (κ2) is 7.76. The zero-order chi connectivity index (χ0) is 20.7. The van der Waals surface area contributed by atoms with Gasteiger partial charge in [-0.15, -0.1) is 0 Å². The molecule has 3 atom stereocenters. The molecule has 0 aromatic carbocycles. The van der Waals surface area contributed by atoms with Crippen LogP contribution in [0.25, 0.3) is 22.6 Å². The molecule has 11 heteroatoms. The Kier molecular flexibility index (Phi) is 4.95. The monoisotopic (exact) mass is 411 g/mol. The van der Waals surface area contributed by atoms with Crippen molar-refractivity contribution in [3.05, 3.63) is 24.7 Å². The van der Waals surface area contributed by atoms with E-state index >= 15 is 0 Å². The minimum Gasteiger partial charge on any atom is -0.390 e. The molecule has 0 radical (unpaired) electrons. The summed E-state index contributed by atoms with van der Waals surface area (Å²) in [4.78, 5) is 20.0. The number of piperazine rings is 1. The first-order valence-corrected chi connectivity index (χ1v) is 10.1.